The van der Waals surface area contributed by atoms with Gasteiger partial charge in [0.05, 0.1) is 17.3 Å². The largest absolute Gasteiger partial charge is 0.573 e. The van der Waals surface area contributed by atoms with Crippen LogP contribution in [0, 0.1) is 5.92 Å². The van der Waals surface area contributed by atoms with Crippen molar-refractivity contribution in [3.63, 3.8) is 0 Å². The van der Waals surface area contributed by atoms with Gasteiger partial charge in [-0.1, -0.05) is 25.4 Å². The molecule has 33 heavy (non-hydrogen) atoms. The Hall–Kier alpha value is -2.70. The number of rotatable bonds is 9. The van der Waals surface area contributed by atoms with Gasteiger partial charge in [0.15, 0.2) is 0 Å². The minimum absolute atomic E-state index is 0.0824. The zero-order valence-electron chi connectivity index (χ0n) is 17.7. The molecule has 0 bridgehead atoms. The second-order valence-corrected chi connectivity index (χ2v) is 9.13. The van der Waals surface area contributed by atoms with Gasteiger partial charge in [-0.15, -0.1) is 13.2 Å². The van der Waals surface area contributed by atoms with E-state index in [9.17, 15) is 31.5 Å². The maximum atomic E-state index is 12.9. The molecule has 1 amide bonds. The number of hydrogen-bond acceptors (Lipinski definition) is 6. The number of anilines is 2. The number of aliphatic hydroxyl groups is 1. The number of hydrogen-bond donors (Lipinski definition) is 3. The molecule has 0 heterocycles. The average molecular weight is 511 g/mol. The van der Waals surface area contributed by atoms with Gasteiger partial charge in [0.1, 0.15) is 22.5 Å². The van der Waals surface area contributed by atoms with Crippen molar-refractivity contribution in [2.24, 2.45) is 5.92 Å². The molecule has 0 unspecified atom stereocenters. The Bertz CT molecular complexity index is 1110. The zero-order valence-corrected chi connectivity index (χ0v) is 19.3. The molecule has 1 atom stereocenters. The first-order chi connectivity index (χ1) is 15.2. The zero-order chi connectivity index (χ0) is 25.0. The number of sulfonamides is 1. The van der Waals surface area contributed by atoms with Gasteiger partial charge < -0.3 is 19.9 Å². The number of carbonyl (C=O) groups excluding carboxylic acids is 1. The highest BCUT2D eigenvalue weighted by Crippen LogP contribution is 2.34. The molecule has 0 saturated heterocycles. The number of halogens is 4. The van der Waals surface area contributed by atoms with E-state index in [2.05, 4.69) is 14.8 Å². The van der Waals surface area contributed by atoms with Crippen LogP contribution in [0.25, 0.3) is 0 Å². The van der Waals surface area contributed by atoms with Crippen molar-refractivity contribution in [2.75, 3.05) is 16.6 Å². The predicted molar refractivity (Wildman–Crippen MR) is 116 cm³/mol. The van der Waals surface area contributed by atoms with Gasteiger partial charge >= 0.3 is 6.36 Å². The lowest BCUT2D eigenvalue weighted by atomic mass is 10.1. The standard InChI is InChI=1S/C20H22ClF3N2O6S/c1-4-31-16-9-12(25-19(28)18(27)11(2)3)6-8-17(16)33(29,30)26-13-5-7-14(21)15(10-13)32-20(22,23)24/h5-11,18,26-27H,4H2,1-3H3,(H,25,28)/t18-/m0/s1. The third kappa shape index (κ3) is 7.41. The predicted octanol–water partition coefficient (Wildman–Crippen LogP) is 4.39. The third-order valence-electron chi connectivity index (χ3n) is 4.11. The van der Waals surface area contributed by atoms with E-state index < -0.39 is 34.1 Å². The molecule has 0 aromatic heterocycles. The normalized spacial score (nSPS) is 12.9. The van der Waals surface area contributed by atoms with Gasteiger partial charge in [-0.3, -0.25) is 9.52 Å². The summed E-state index contributed by atoms with van der Waals surface area (Å²) in [6.07, 6.45) is -6.30. The summed E-state index contributed by atoms with van der Waals surface area (Å²) in [6, 6.07) is 6.67. The van der Waals surface area contributed by atoms with E-state index >= 15 is 0 Å². The van der Waals surface area contributed by atoms with E-state index in [0.717, 1.165) is 24.3 Å². The summed E-state index contributed by atoms with van der Waals surface area (Å²) in [5.74, 6) is -1.93. The molecule has 0 radical (unpaired) electrons. The second-order valence-electron chi connectivity index (χ2n) is 7.07. The summed E-state index contributed by atoms with van der Waals surface area (Å²) in [7, 11) is -4.33. The fourth-order valence-corrected chi connectivity index (χ4v) is 3.91. The molecular weight excluding hydrogens is 489 g/mol. The molecule has 0 saturated carbocycles. The minimum Gasteiger partial charge on any atom is -0.492 e. The fourth-order valence-electron chi connectivity index (χ4n) is 2.57. The molecule has 0 aliphatic heterocycles. The highest BCUT2D eigenvalue weighted by atomic mass is 35.5. The number of alkyl halides is 3. The monoisotopic (exact) mass is 510 g/mol. The Morgan fingerprint density at radius 3 is 2.30 bits per heavy atom. The molecule has 0 aliphatic rings. The number of aliphatic hydroxyl groups excluding tert-OH is 1. The summed E-state index contributed by atoms with van der Waals surface area (Å²) >= 11 is 5.68. The van der Waals surface area contributed by atoms with Gasteiger partial charge in [0.2, 0.25) is 0 Å². The quantitative estimate of drug-likeness (QED) is 0.461. The summed E-state index contributed by atoms with van der Waals surface area (Å²) in [4.78, 5) is 11.7. The molecule has 8 nitrogen and oxygen atoms in total. The van der Waals surface area contributed by atoms with E-state index in [1.807, 2.05) is 0 Å². The van der Waals surface area contributed by atoms with Crippen molar-refractivity contribution in [1.82, 2.24) is 0 Å². The van der Waals surface area contributed by atoms with Gasteiger partial charge in [0.25, 0.3) is 15.9 Å². The Balaban J connectivity index is 2.34. The molecule has 182 valence electrons. The maximum Gasteiger partial charge on any atom is 0.573 e. The number of nitrogens with one attached hydrogen (secondary N) is 2. The lowest BCUT2D eigenvalue weighted by molar-refractivity contribution is -0.274. The molecule has 2 aromatic rings. The van der Waals surface area contributed by atoms with Gasteiger partial charge in [-0.25, -0.2) is 8.42 Å². The average Bonchev–Trinajstić information content (AvgIpc) is 2.68. The Morgan fingerprint density at radius 1 is 1.12 bits per heavy atom. The van der Waals surface area contributed by atoms with E-state index in [4.69, 9.17) is 16.3 Å². The molecule has 0 spiro atoms. The van der Waals surface area contributed by atoms with Crippen molar-refractivity contribution < 1.29 is 41.0 Å². The van der Waals surface area contributed by atoms with E-state index in [1.165, 1.54) is 12.1 Å². The molecule has 0 aliphatic carbocycles. The van der Waals surface area contributed by atoms with Crippen LogP contribution < -0.4 is 19.5 Å². The van der Waals surface area contributed by atoms with Crippen LogP contribution in [0.5, 0.6) is 11.5 Å². The molecule has 0 fully saturated rings. The lowest BCUT2D eigenvalue weighted by Crippen LogP contribution is -2.31. The third-order valence-corrected chi connectivity index (χ3v) is 5.84. The van der Waals surface area contributed by atoms with E-state index in [-0.39, 0.29) is 39.6 Å². The van der Waals surface area contributed by atoms with Crippen LogP contribution in [0.15, 0.2) is 41.3 Å². The highest BCUT2D eigenvalue weighted by Gasteiger charge is 2.32. The highest BCUT2D eigenvalue weighted by molar-refractivity contribution is 7.92. The van der Waals surface area contributed by atoms with Crippen molar-refractivity contribution in [3.8, 4) is 11.5 Å². The molecule has 3 N–H and O–H groups in total. The Labute approximate surface area is 193 Å². The van der Waals surface area contributed by atoms with Crippen LogP contribution in [0.2, 0.25) is 5.02 Å². The van der Waals surface area contributed by atoms with Crippen LogP contribution in [-0.4, -0.2) is 38.5 Å². The molecular formula is C20H22ClF3N2O6S. The first-order valence-electron chi connectivity index (χ1n) is 9.57. The van der Waals surface area contributed by atoms with Crippen LogP contribution in [0.1, 0.15) is 20.8 Å². The number of amides is 1. The molecule has 13 heteroatoms. The summed E-state index contributed by atoms with van der Waals surface area (Å²) in [5.41, 5.74) is -0.0620. The second kappa shape index (κ2) is 10.5. The topological polar surface area (TPSA) is 114 Å². The van der Waals surface area contributed by atoms with Crippen molar-refractivity contribution in [3.05, 3.63) is 41.4 Å². The van der Waals surface area contributed by atoms with Crippen molar-refractivity contribution >= 4 is 38.9 Å². The van der Waals surface area contributed by atoms with Crippen molar-refractivity contribution in [1.29, 1.82) is 0 Å². The van der Waals surface area contributed by atoms with Crippen LogP contribution in [0.4, 0.5) is 24.5 Å². The van der Waals surface area contributed by atoms with Gasteiger partial charge in [0, 0.05) is 17.8 Å². The molecule has 2 rings (SSSR count). The molecule has 2 aromatic carbocycles. The number of carbonyl (C=O) groups is 1. The smallest absolute Gasteiger partial charge is 0.492 e. The maximum absolute atomic E-state index is 12.9. The first kappa shape index (κ1) is 26.6. The first-order valence-corrected chi connectivity index (χ1v) is 11.4. The van der Waals surface area contributed by atoms with Crippen LogP contribution in [0.3, 0.4) is 0 Å². The fraction of sp³-hybridized carbons (Fsp3) is 0.350. The van der Waals surface area contributed by atoms with Crippen molar-refractivity contribution in [2.45, 2.75) is 38.1 Å². The number of benzene rings is 2. The summed E-state index contributed by atoms with van der Waals surface area (Å²) < 4.78 is 74.7. The summed E-state index contributed by atoms with van der Waals surface area (Å²) in [5, 5.41) is 11.9. The SMILES string of the molecule is CCOc1cc(NC(=O)[C@@H](O)C(C)C)ccc1S(=O)(=O)Nc1ccc(Cl)c(OC(F)(F)F)c1. The van der Waals surface area contributed by atoms with Crippen LogP contribution in [-0.2, 0) is 14.8 Å². The van der Waals surface area contributed by atoms with E-state index in [1.54, 1.807) is 20.8 Å². The lowest BCUT2D eigenvalue weighted by Gasteiger charge is -2.17. The van der Waals surface area contributed by atoms with E-state index in [0.29, 0.717) is 0 Å². The Morgan fingerprint density at radius 2 is 1.73 bits per heavy atom. The van der Waals surface area contributed by atoms with Gasteiger partial charge in [-0.2, -0.15) is 0 Å². The Kier molecular flexibility index (Phi) is 8.44. The van der Waals surface area contributed by atoms with Crippen LogP contribution >= 0.6 is 11.6 Å². The summed E-state index contributed by atoms with van der Waals surface area (Å²) in [6.45, 7) is 4.99. The van der Waals surface area contributed by atoms with Gasteiger partial charge in [-0.05, 0) is 37.1 Å². The minimum atomic E-state index is -5.02. The number of ether oxygens (including phenoxy) is 2.